The smallest absolute Gasteiger partial charge is 0.139 e. The molecule has 2 rings (SSSR count). The molecule has 5 nitrogen and oxygen atoms in total. The van der Waals surface area contributed by atoms with E-state index in [2.05, 4.69) is 20.3 Å². The summed E-state index contributed by atoms with van der Waals surface area (Å²) < 4.78 is 0. The number of nitrogens with one attached hydrogen (secondary N) is 2. The van der Waals surface area contributed by atoms with E-state index in [9.17, 15) is 0 Å². The highest BCUT2D eigenvalue weighted by Crippen LogP contribution is 2.20. The van der Waals surface area contributed by atoms with Gasteiger partial charge in [0.1, 0.15) is 23.8 Å². The summed E-state index contributed by atoms with van der Waals surface area (Å²) in [4.78, 5) is 13.3. The summed E-state index contributed by atoms with van der Waals surface area (Å²) in [6.45, 7) is 0. The van der Waals surface area contributed by atoms with Crippen LogP contribution < -0.4 is 10.2 Å². The Morgan fingerprint density at radius 1 is 1.40 bits per heavy atom. The number of hydrogen-bond acceptors (Lipinski definition) is 4. The first kappa shape index (κ1) is 9.51. The molecule has 78 valence electrons. The Hall–Kier alpha value is -2.04. The lowest BCUT2D eigenvalue weighted by atomic mass is 10.4. The molecule has 0 radical (unpaired) electrons. The van der Waals surface area contributed by atoms with Crippen LogP contribution in [0.4, 0.5) is 17.5 Å². The van der Waals surface area contributed by atoms with E-state index in [1.165, 1.54) is 0 Å². The van der Waals surface area contributed by atoms with Crippen LogP contribution >= 0.6 is 0 Å². The average Bonchev–Trinajstić information content (AvgIpc) is 2.81. The van der Waals surface area contributed by atoms with Crippen molar-refractivity contribution < 1.29 is 0 Å². The van der Waals surface area contributed by atoms with E-state index in [1.54, 1.807) is 6.33 Å². The lowest BCUT2D eigenvalue weighted by molar-refractivity contribution is 1.06. The van der Waals surface area contributed by atoms with Crippen LogP contribution in [-0.4, -0.2) is 29.0 Å². The summed E-state index contributed by atoms with van der Waals surface area (Å²) >= 11 is 0. The zero-order valence-electron chi connectivity index (χ0n) is 8.73. The summed E-state index contributed by atoms with van der Waals surface area (Å²) in [6, 6.07) is 5.83. The van der Waals surface area contributed by atoms with Crippen molar-refractivity contribution in [3.05, 3.63) is 30.7 Å². The molecule has 0 aliphatic heterocycles. The van der Waals surface area contributed by atoms with Crippen molar-refractivity contribution in [3.63, 3.8) is 0 Å². The molecule has 0 atom stereocenters. The van der Waals surface area contributed by atoms with Gasteiger partial charge < -0.3 is 15.2 Å². The molecule has 2 aromatic rings. The third-order valence-electron chi connectivity index (χ3n) is 2.20. The second-order valence-electron chi connectivity index (χ2n) is 3.13. The van der Waals surface area contributed by atoms with Gasteiger partial charge in [0, 0.05) is 26.4 Å². The Balaban J connectivity index is 2.29. The van der Waals surface area contributed by atoms with Gasteiger partial charge in [0.2, 0.25) is 0 Å². The second-order valence-corrected chi connectivity index (χ2v) is 3.13. The Labute approximate surface area is 88.2 Å². The standard InChI is InChI=1S/C10H13N5/c1-11-8-6-10(14-7-13-8)15(2)9-4-3-5-12-9/h3-7,12H,1-2H3,(H,11,13,14). The maximum Gasteiger partial charge on any atom is 0.139 e. The van der Waals surface area contributed by atoms with E-state index < -0.39 is 0 Å². The minimum Gasteiger partial charge on any atom is -0.373 e. The summed E-state index contributed by atoms with van der Waals surface area (Å²) in [6.07, 6.45) is 3.42. The summed E-state index contributed by atoms with van der Waals surface area (Å²) in [5, 5.41) is 2.98. The van der Waals surface area contributed by atoms with Crippen LogP contribution in [-0.2, 0) is 0 Å². The van der Waals surface area contributed by atoms with Gasteiger partial charge in [-0.05, 0) is 12.1 Å². The maximum atomic E-state index is 4.20. The van der Waals surface area contributed by atoms with Crippen LogP contribution in [0.3, 0.4) is 0 Å². The van der Waals surface area contributed by atoms with Crippen LogP contribution in [0.15, 0.2) is 30.7 Å². The predicted octanol–water partition coefficient (Wildman–Crippen LogP) is 1.61. The van der Waals surface area contributed by atoms with Crippen molar-refractivity contribution >= 4 is 17.5 Å². The van der Waals surface area contributed by atoms with Gasteiger partial charge in [0.15, 0.2) is 0 Å². The van der Waals surface area contributed by atoms with Crippen molar-refractivity contribution in [2.75, 3.05) is 24.3 Å². The van der Waals surface area contributed by atoms with Crippen molar-refractivity contribution in [2.24, 2.45) is 0 Å². The molecule has 0 saturated carbocycles. The molecule has 0 saturated heterocycles. The van der Waals surface area contributed by atoms with Crippen molar-refractivity contribution in [1.29, 1.82) is 0 Å². The van der Waals surface area contributed by atoms with Crippen LogP contribution in [0.1, 0.15) is 0 Å². The topological polar surface area (TPSA) is 56.8 Å². The van der Waals surface area contributed by atoms with Crippen molar-refractivity contribution in [3.8, 4) is 0 Å². The van der Waals surface area contributed by atoms with E-state index in [0.717, 1.165) is 17.5 Å². The van der Waals surface area contributed by atoms with Gasteiger partial charge in [-0.3, -0.25) is 0 Å². The van der Waals surface area contributed by atoms with Gasteiger partial charge in [0.05, 0.1) is 0 Å². The van der Waals surface area contributed by atoms with Crippen molar-refractivity contribution in [2.45, 2.75) is 0 Å². The molecule has 0 bridgehead atoms. The number of aromatic nitrogens is 3. The number of anilines is 3. The zero-order valence-corrected chi connectivity index (χ0v) is 8.73. The Morgan fingerprint density at radius 3 is 2.93 bits per heavy atom. The van der Waals surface area contributed by atoms with Crippen LogP contribution in [0, 0.1) is 0 Å². The molecule has 2 heterocycles. The average molecular weight is 203 g/mol. The maximum absolute atomic E-state index is 4.20. The monoisotopic (exact) mass is 203 g/mol. The first-order chi connectivity index (χ1) is 7.31. The third-order valence-corrected chi connectivity index (χ3v) is 2.20. The molecular weight excluding hydrogens is 190 g/mol. The SMILES string of the molecule is CNc1cc(N(C)c2ccc[nH]2)ncn1. The van der Waals surface area contributed by atoms with Crippen LogP contribution in [0.25, 0.3) is 0 Å². The fourth-order valence-electron chi connectivity index (χ4n) is 1.32. The molecule has 0 aromatic carbocycles. The van der Waals surface area contributed by atoms with E-state index in [0.29, 0.717) is 0 Å². The number of rotatable bonds is 3. The Kier molecular flexibility index (Phi) is 2.53. The summed E-state index contributed by atoms with van der Waals surface area (Å²) in [5.41, 5.74) is 0. The van der Waals surface area contributed by atoms with Gasteiger partial charge >= 0.3 is 0 Å². The fraction of sp³-hybridized carbons (Fsp3) is 0.200. The highest BCUT2D eigenvalue weighted by Gasteiger charge is 2.06. The summed E-state index contributed by atoms with van der Waals surface area (Å²) in [7, 11) is 3.79. The second kappa shape index (κ2) is 4.00. The van der Waals surface area contributed by atoms with Gasteiger partial charge in [-0.25, -0.2) is 9.97 Å². The lowest BCUT2D eigenvalue weighted by Crippen LogP contribution is -2.12. The number of nitrogens with zero attached hydrogens (tertiary/aromatic N) is 3. The fourth-order valence-corrected chi connectivity index (χ4v) is 1.32. The minimum absolute atomic E-state index is 0.804. The predicted molar refractivity (Wildman–Crippen MR) is 60.4 cm³/mol. The normalized spacial score (nSPS) is 10.0. The molecule has 0 aliphatic rings. The largest absolute Gasteiger partial charge is 0.373 e. The number of aromatic amines is 1. The first-order valence-electron chi connectivity index (χ1n) is 4.68. The van der Waals surface area contributed by atoms with Gasteiger partial charge in [0.25, 0.3) is 0 Å². The van der Waals surface area contributed by atoms with E-state index in [4.69, 9.17) is 0 Å². The minimum atomic E-state index is 0.804. The molecule has 2 aromatic heterocycles. The van der Waals surface area contributed by atoms with Crippen molar-refractivity contribution in [1.82, 2.24) is 15.0 Å². The Morgan fingerprint density at radius 2 is 2.27 bits per heavy atom. The van der Waals surface area contributed by atoms with Gasteiger partial charge in [-0.1, -0.05) is 0 Å². The number of hydrogen-bond donors (Lipinski definition) is 2. The van der Waals surface area contributed by atoms with Crippen LogP contribution in [0.5, 0.6) is 0 Å². The first-order valence-corrected chi connectivity index (χ1v) is 4.68. The lowest BCUT2D eigenvalue weighted by Gasteiger charge is -2.16. The molecule has 0 spiro atoms. The van der Waals surface area contributed by atoms with Crippen LogP contribution in [0.2, 0.25) is 0 Å². The van der Waals surface area contributed by atoms with E-state index >= 15 is 0 Å². The molecule has 0 amide bonds. The molecule has 2 N–H and O–H groups in total. The van der Waals surface area contributed by atoms with E-state index in [1.807, 2.05) is 43.4 Å². The third kappa shape index (κ3) is 1.90. The Bertz CT molecular complexity index is 423. The highest BCUT2D eigenvalue weighted by atomic mass is 15.2. The highest BCUT2D eigenvalue weighted by molar-refractivity contribution is 5.58. The van der Waals surface area contributed by atoms with Gasteiger partial charge in [-0.15, -0.1) is 0 Å². The van der Waals surface area contributed by atoms with Gasteiger partial charge in [-0.2, -0.15) is 0 Å². The molecular formula is C10H13N5. The molecule has 0 unspecified atom stereocenters. The zero-order chi connectivity index (χ0) is 10.7. The number of H-pyrrole nitrogens is 1. The van der Waals surface area contributed by atoms with E-state index in [-0.39, 0.29) is 0 Å². The quantitative estimate of drug-likeness (QED) is 0.795. The molecule has 0 fully saturated rings. The molecule has 15 heavy (non-hydrogen) atoms. The molecule has 5 heteroatoms. The summed E-state index contributed by atoms with van der Waals surface area (Å²) in [5.74, 6) is 2.64. The molecule has 0 aliphatic carbocycles.